The number of nitrogens with two attached hydrogens (primary N) is 1. The van der Waals surface area contributed by atoms with E-state index in [1.807, 2.05) is 6.92 Å². The molecule has 2 rings (SSSR count). The smallest absolute Gasteiger partial charge is 0.308 e. The second kappa shape index (κ2) is 4.64. The molecular weight excluding hydrogens is 220 g/mol. The monoisotopic (exact) mass is 240 g/mol. The molecule has 2 aliphatic rings. The number of rotatable bonds is 2. The normalized spacial score (nSPS) is 37.4. The van der Waals surface area contributed by atoms with Crippen molar-refractivity contribution in [2.24, 2.45) is 23.5 Å². The number of aliphatic carboxylic acids is 1. The number of nitrogens with zero attached hydrogens (tertiary/aromatic N) is 1. The molecule has 17 heavy (non-hydrogen) atoms. The average Bonchev–Trinajstić information content (AvgIpc) is 2.83. The molecule has 1 aliphatic heterocycles. The third-order valence-electron chi connectivity index (χ3n) is 4.06. The molecule has 0 aromatic carbocycles. The third kappa shape index (κ3) is 2.44. The molecule has 0 bridgehead atoms. The van der Waals surface area contributed by atoms with E-state index in [4.69, 9.17) is 10.8 Å². The minimum Gasteiger partial charge on any atom is -0.481 e. The quantitative estimate of drug-likeness (QED) is 0.726. The zero-order valence-electron chi connectivity index (χ0n) is 10.1. The van der Waals surface area contributed by atoms with Crippen molar-refractivity contribution in [2.45, 2.75) is 32.2 Å². The predicted molar refractivity (Wildman–Crippen MR) is 62.2 cm³/mol. The zero-order chi connectivity index (χ0) is 12.6. The second-order valence-corrected chi connectivity index (χ2v) is 5.44. The first-order valence-electron chi connectivity index (χ1n) is 6.26. The fourth-order valence-corrected chi connectivity index (χ4v) is 2.97. The molecule has 2 unspecified atom stereocenters. The van der Waals surface area contributed by atoms with Gasteiger partial charge in [-0.05, 0) is 25.2 Å². The third-order valence-corrected chi connectivity index (χ3v) is 4.06. The van der Waals surface area contributed by atoms with Crippen LogP contribution in [0, 0.1) is 17.8 Å². The van der Waals surface area contributed by atoms with Gasteiger partial charge in [-0.15, -0.1) is 0 Å². The SMILES string of the molecule is C[C@@H]1CN(C(=O)C2CCC(N)C2)C[C@H]1C(=O)O. The van der Waals surface area contributed by atoms with Crippen LogP contribution in [-0.2, 0) is 9.59 Å². The van der Waals surface area contributed by atoms with Gasteiger partial charge in [-0.2, -0.15) is 0 Å². The predicted octanol–water partition coefficient (Wildman–Crippen LogP) is 0.293. The van der Waals surface area contributed by atoms with Crippen molar-refractivity contribution < 1.29 is 14.7 Å². The van der Waals surface area contributed by atoms with E-state index >= 15 is 0 Å². The van der Waals surface area contributed by atoms with Gasteiger partial charge in [0.25, 0.3) is 0 Å². The van der Waals surface area contributed by atoms with Crippen molar-refractivity contribution in [1.82, 2.24) is 4.90 Å². The first kappa shape index (κ1) is 12.4. The second-order valence-electron chi connectivity index (χ2n) is 5.44. The van der Waals surface area contributed by atoms with Gasteiger partial charge in [0.1, 0.15) is 0 Å². The summed E-state index contributed by atoms with van der Waals surface area (Å²) in [5.74, 6) is -1.03. The molecule has 5 nitrogen and oxygen atoms in total. The number of amides is 1. The molecule has 1 heterocycles. The van der Waals surface area contributed by atoms with Gasteiger partial charge in [-0.3, -0.25) is 9.59 Å². The lowest BCUT2D eigenvalue weighted by Crippen LogP contribution is -2.34. The molecule has 0 aromatic rings. The average molecular weight is 240 g/mol. The van der Waals surface area contributed by atoms with E-state index in [2.05, 4.69) is 0 Å². The highest BCUT2D eigenvalue weighted by molar-refractivity contribution is 5.81. The summed E-state index contributed by atoms with van der Waals surface area (Å²) in [6.07, 6.45) is 2.51. The maximum absolute atomic E-state index is 12.2. The first-order valence-corrected chi connectivity index (χ1v) is 6.26. The Morgan fingerprint density at radius 1 is 1.29 bits per heavy atom. The Morgan fingerprint density at radius 3 is 2.47 bits per heavy atom. The molecule has 0 radical (unpaired) electrons. The molecule has 5 heteroatoms. The summed E-state index contributed by atoms with van der Waals surface area (Å²) in [4.78, 5) is 24.9. The minimum absolute atomic E-state index is 0.0183. The van der Waals surface area contributed by atoms with Gasteiger partial charge in [0.2, 0.25) is 5.91 Å². The zero-order valence-corrected chi connectivity index (χ0v) is 10.1. The number of carbonyl (C=O) groups excluding carboxylic acids is 1. The van der Waals surface area contributed by atoms with Crippen molar-refractivity contribution in [3.05, 3.63) is 0 Å². The van der Waals surface area contributed by atoms with E-state index in [-0.39, 0.29) is 23.8 Å². The highest BCUT2D eigenvalue weighted by atomic mass is 16.4. The lowest BCUT2D eigenvalue weighted by atomic mass is 9.99. The summed E-state index contributed by atoms with van der Waals surface area (Å²) in [5.41, 5.74) is 5.80. The lowest BCUT2D eigenvalue weighted by Gasteiger charge is -2.20. The highest BCUT2D eigenvalue weighted by Crippen LogP contribution is 2.30. The summed E-state index contributed by atoms with van der Waals surface area (Å²) >= 11 is 0. The molecule has 1 saturated heterocycles. The Bertz CT molecular complexity index is 332. The molecule has 96 valence electrons. The van der Waals surface area contributed by atoms with Crippen LogP contribution < -0.4 is 5.73 Å². The largest absolute Gasteiger partial charge is 0.481 e. The molecule has 2 fully saturated rings. The van der Waals surface area contributed by atoms with Crippen LogP contribution in [0.1, 0.15) is 26.2 Å². The van der Waals surface area contributed by atoms with Crippen molar-refractivity contribution in [3.63, 3.8) is 0 Å². The van der Waals surface area contributed by atoms with E-state index in [9.17, 15) is 9.59 Å². The molecule has 3 N–H and O–H groups in total. The summed E-state index contributed by atoms with van der Waals surface area (Å²) in [5, 5.41) is 9.03. The van der Waals surface area contributed by atoms with Gasteiger partial charge >= 0.3 is 5.97 Å². The number of carboxylic acid groups (broad SMARTS) is 1. The van der Waals surface area contributed by atoms with Crippen LogP contribution in [0.5, 0.6) is 0 Å². The van der Waals surface area contributed by atoms with Gasteiger partial charge in [-0.1, -0.05) is 6.92 Å². The van der Waals surface area contributed by atoms with Gasteiger partial charge in [-0.25, -0.2) is 0 Å². The van der Waals surface area contributed by atoms with Gasteiger partial charge in [0.05, 0.1) is 5.92 Å². The van der Waals surface area contributed by atoms with Crippen LogP contribution in [-0.4, -0.2) is 41.0 Å². The molecule has 1 aliphatic carbocycles. The van der Waals surface area contributed by atoms with Crippen LogP contribution in [0.25, 0.3) is 0 Å². The van der Waals surface area contributed by atoms with Crippen molar-refractivity contribution >= 4 is 11.9 Å². The Morgan fingerprint density at radius 2 is 2.00 bits per heavy atom. The Hall–Kier alpha value is -1.10. The van der Waals surface area contributed by atoms with Crippen molar-refractivity contribution in [3.8, 4) is 0 Å². The Balaban J connectivity index is 1.96. The van der Waals surface area contributed by atoms with Crippen LogP contribution in [0.2, 0.25) is 0 Å². The maximum atomic E-state index is 12.2. The van der Waals surface area contributed by atoms with Crippen molar-refractivity contribution in [1.29, 1.82) is 0 Å². The maximum Gasteiger partial charge on any atom is 0.308 e. The number of carboxylic acids is 1. The Labute approximate surface area is 101 Å². The van der Waals surface area contributed by atoms with E-state index in [0.717, 1.165) is 19.3 Å². The van der Waals surface area contributed by atoms with E-state index in [1.54, 1.807) is 4.90 Å². The van der Waals surface area contributed by atoms with Crippen molar-refractivity contribution in [2.75, 3.05) is 13.1 Å². The van der Waals surface area contributed by atoms with Gasteiger partial charge < -0.3 is 15.7 Å². The molecular formula is C12H20N2O3. The molecule has 0 aromatic heterocycles. The molecule has 0 spiro atoms. The molecule has 1 amide bonds. The molecule has 1 saturated carbocycles. The van der Waals surface area contributed by atoms with E-state index in [1.165, 1.54) is 0 Å². The number of hydrogen-bond donors (Lipinski definition) is 2. The minimum atomic E-state index is -0.795. The standard InChI is InChI=1S/C12H20N2O3/c1-7-5-14(6-10(7)12(16)17)11(15)8-2-3-9(13)4-8/h7-10H,2-6,13H2,1H3,(H,16,17)/t7-,8?,9?,10-/m1/s1. The number of likely N-dealkylation sites (tertiary alicyclic amines) is 1. The summed E-state index contributed by atoms with van der Waals surface area (Å²) in [7, 11) is 0. The summed E-state index contributed by atoms with van der Waals surface area (Å²) in [6.45, 7) is 2.83. The van der Waals surface area contributed by atoms with Gasteiger partial charge in [0.15, 0.2) is 0 Å². The van der Waals surface area contributed by atoms with Gasteiger partial charge in [0, 0.05) is 25.0 Å². The highest BCUT2D eigenvalue weighted by Gasteiger charge is 2.40. The van der Waals surface area contributed by atoms with Crippen LogP contribution in [0.15, 0.2) is 0 Å². The Kier molecular flexibility index (Phi) is 3.38. The fraction of sp³-hybridized carbons (Fsp3) is 0.833. The topological polar surface area (TPSA) is 83.6 Å². The number of hydrogen-bond acceptors (Lipinski definition) is 3. The summed E-state index contributed by atoms with van der Waals surface area (Å²) < 4.78 is 0. The summed E-state index contributed by atoms with van der Waals surface area (Å²) in [6, 6.07) is 0.138. The van der Waals surface area contributed by atoms with Crippen LogP contribution >= 0.6 is 0 Å². The van der Waals surface area contributed by atoms with Crippen LogP contribution in [0.3, 0.4) is 0 Å². The fourth-order valence-electron chi connectivity index (χ4n) is 2.97. The van der Waals surface area contributed by atoms with E-state index in [0.29, 0.717) is 13.1 Å². The van der Waals surface area contributed by atoms with Crippen LogP contribution in [0.4, 0.5) is 0 Å². The first-order chi connectivity index (χ1) is 7.99. The lowest BCUT2D eigenvalue weighted by molar-refractivity contribution is -0.142. The number of carbonyl (C=O) groups is 2. The molecule has 4 atom stereocenters. The van der Waals surface area contributed by atoms with E-state index < -0.39 is 11.9 Å².